The zero-order valence-electron chi connectivity index (χ0n) is 6.59. The van der Waals surface area contributed by atoms with Crippen LogP contribution in [0.3, 0.4) is 0 Å². The molecule has 0 amide bonds. The van der Waals surface area contributed by atoms with E-state index in [1.165, 1.54) is 18.6 Å². The standard InChI is InChI=1S/C8H14N2/c1-5(9-2)7-3-6-4-8(6)10-7/h6-8,10H,3-4H2,1-2H3. The number of nitrogens with one attached hydrogen (secondary N) is 1. The van der Waals surface area contributed by atoms with Gasteiger partial charge in [-0.1, -0.05) is 0 Å². The van der Waals surface area contributed by atoms with Gasteiger partial charge >= 0.3 is 0 Å². The number of rotatable bonds is 1. The Morgan fingerprint density at radius 3 is 2.80 bits per heavy atom. The van der Waals surface area contributed by atoms with Gasteiger partial charge in [-0.05, 0) is 25.7 Å². The maximum absolute atomic E-state index is 4.18. The molecule has 0 aromatic rings. The third kappa shape index (κ3) is 0.870. The molecule has 1 aliphatic carbocycles. The normalized spacial score (nSPS) is 45.4. The molecule has 3 atom stereocenters. The van der Waals surface area contributed by atoms with Crippen LogP contribution in [0.15, 0.2) is 4.99 Å². The fourth-order valence-electron chi connectivity index (χ4n) is 1.79. The second kappa shape index (κ2) is 2.06. The fourth-order valence-corrected chi connectivity index (χ4v) is 1.79. The van der Waals surface area contributed by atoms with E-state index in [0.29, 0.717) is 6.04 Å². The van der Waals surface area contributed by atoms with E-state index in [2.05, 4.69) is 17.2 Å². The first kappa shape index (κ1) is 6.35. The minimum Gasteiger partial charge on any atom is -0.306 e. The molecule has 3 unspecified atom stereocenters. The Labute approximate surface area is 61.7 Å². The summed E-state index contributed by atoms with van der Waals surface area (Å²) in [7, 11) is 1.88. The average molecular weight is 138 g/mol. The molecule has 1 saturated carbocycles. The lowest BCUT2D eigenvalue weighted by Gasteiger charge is -2.11. The summed E-state index contributed by atoms with van der Waals surface area (Å²) in [4.78, 5) is 4.18. The molecule has 0 radical (unpaired) electrons. The Morgan fingerprint density at radius 2 is 2.30 bits per heavy atom. The molecular weight excluding hydrogens is 124 g/mol. The third-order valence-electron chi connectivity index (χ3n) is 2.73. The molecule has 1 aliphatic heterocycles. The molecular formula is C8H14N2. The zero-order chi connectivity index (χ0) is 7.14. The highest BCUT2D eigenvalue weighted by Crippen LogP contribution is 2.40. The highest BCUT2D eigenvalue weighted by molar-refractivity contribution is 5.87. The van der Waals surface area contributed by atoms with Crippen molar-refractivity contribution in [2.24, 2.45) is 10.9 Å². The Morgan fingerprint density at radius 1 is 1.50 bits per heavy atom. The van der Waals surface area contributed by atoms with Crippen LogP contribution in [0.4, 0.5) is 0 Å². The van der Waals surface area contributed by atoms with Crippen LogP contribution in [0.2, 0.25) is 0 Å². The van der Waals surface area contributed by atoms with Crippen molar-refractivity contribution < 1.29 is 0 Å². The summed E-state index contributed by atoms with van der Waals surface area (Å²) < 4.78 is 0. The van der Waals surface area contributed by atoms with Crippen molar-refractivity contribution in [1.29, 1.82) is 0 Å². The molecule has 1 saturated heterocycles. The summed E-state index contributed by atoms with van der Waals surface area (Å²) >= 11 is 0. The molecule has 2 heteroatoms. The van der Waals surface area contributed by atoms with Crippen molar-refractivity contribution in [2.75, 3.05) is 7.05 Å². The SMILES string of the molecule is CN=C(C)C1CC2CC2N1. The van der Waals surface area contributed by atoms with Gasteiger partial charge in [-0.15, -0.1) is 0 Å². The monoisotopic (exact) mass is 138 g/mol. The number of nitrogens with zero attached hydrogens (tertiary/aromatic N) is 1. The third-order valence-corrected chi connectivity index (χ3v) is 2.73. The molecule has 2 rings (SSSR count). The van der Waals surface area contributed by atoms with Gasteiger partial charge in [0.05, 0.1) is 0 Å². The Bertz CT molecular complexity index is 164. The van der Waals surface area contributed by atoms with Crippen LogP contribution in [-0.2, 0) is 0 Å². The van der Waals surface area contributed by atoms with Crippen molar-refractivity contribution in [2.45, 2.75) is 31.8 Å². The van der Waals surface area contributed by atoms with Gasteiger partial charge in [0.2, 0.25) is 0 Å². The van der Waals surface area contributed by atoms with E-state index in [-0.39, 0.29) is 0 Å². The van der Waals surface area contributed by atoms with Crippen LogP contribution in [-0.4, -0.2) is 24.8 Å². The fraction of sp³-hybridized carbons (Fsp3) is 0.875. The molecule has 0 bridgehead atoms. The lowest BCUT2D eigenvalue weighted by atomic mass is 10.1. The van der Waals surface area contributed by atoms with Gasteiger partial charge in [0.25, 0.3) is 0 Å². The highest BCUT2D eigenvalue weighted by Gasteiger charge is 2.46. The zero-order valence-corrected chi connectivity index (χ0v) is 6.59. The van der Waals surface area contributed by atoms with E-state index in [1.54, 1.807) is 0 Å². The minimum absolute atomic E-state index is 0.605. The molecule has 0 aromatic heterocycles. The van der Waals surface area contributed by atoms with E-state index < -0.39 is 0 Å². The van der Waals surface area contributed by atoms with E-state index in [0.717, 1.165) is 12.0 Å². The molecule has 2 aliphatic rings. The van der Waals surface area contributed by atoms with Gasteiger partial charge in [-0.3, -0.25) is 4.99 Å². The Balaban J connectivity index is 1.96. The van der Waals surface area contributed by atoms with Gasteiger partial charge in [0.1, 0.15) is 0 Å². The largest absolute Gasteiger partial charge is 0.306 e. The van der Waals surface area contributed by atoms with Crippen molar-refractivity contribution in [1.82, 2.24) is 5.32 Å². The maximum atomic E-state index is 4.18. The number of fused-ring (bicyclic) bond motifs is 1. The van der Waals surface area contributed by atoms with E-state index in [9.17, 15) is 0 Å². The van der Waals surface area contributed by atoms with Gasteiger partial charge in [0.15, 0.2) is 0 Å². The van der Waals surface area contributed by atoms with Gasteiger partial charge in [-0.25, -0.2) is 0 Å². The summed E-state index contributed by atoms with van der Waals surface area (Å²) in [5.74, 6) is 0.988. The number of aliphatic imine (C=N–C) groups is 1. The Kier molecular flexibility index (Phi) is 1.31. The first-order valence-electron chi connectivity index (χ1n) is 4.00. The second-order valence-corrected chi connectivity index (χ2v) is 3.42. The van der Waals surface area contributed by atoms with Gasteiger partial charge in [-0.2, -0.15) is 0 Å². The van der Waals surface area contributed by atoms with Crippen LogP contribution in [0.25, 0.3) is 0 Å². The first-order chi connectivity index (χ1) is 4.81. The summed E-state index contributed by atoms with van der Waals surface area (Å²) in [6.07, 6.45) is 2.74. The van der Waals surface area contributed by atoms with Crippen LogP contribution in [0.1, 0.15) is 19.8 Å². The van der Waals surface area contributed by atoms with E-state index in [4.69, 9.17) is 0 Å². The Hall–Kier alpha value is -0.370. The van der Waals surface area contributed by atoms with E-state index >= 15 is 0 Å². The molecule has 56 valence electrons. The predicted molar refractivity (Wildman–Crippen MR) is 42.5 cm³/mol. The number of piperidine rings is 1. The molecule has 2 nitrogen and oxygen atoms in total. The van der Waals surface area contributed by atoms with Crippen LogP contribution in [0.5, 0.6) is 0 Å². The molecule has 10 heavy (non-hydrogen) atoms. The second-order valence-electron chi connectivity index (χ2n) is 3.42. The van der Waals surface area contributed by atoms with Crippen molar-refractivity contribution >= 4 is 5.71 Å². The molecule has 0 aromatic carbocycles. The number of hydrogen-bond acceptors (Lipinski definition) is 2. The smallest absolute Gasteiger partial charge is 0.0453 e. The van der Waals surface area contributed by atoms with Crippen LogP contribution in [0, 0.1) is 5.92 Å². The van der Waals surface area contributed by atoms with Crippen LogP contribution >= 0.6 is 0 Å². The minimum atomic E-state index is 0.605. The van der Waals surface area contributed by atoms with E-state index in [1.807, 2.05) is 7.05 Å². The topological polar surface area (TPSA) is 24.4 Å². The first-order valence-corrected chi connectivity index (χ1v) is 4.00. The molecule has 0 spiro atoms. The van der Waals surface area contributed by atoms with Crippen LogP contribution < -0.4 is 5.32 Å². The lowest BCUT2D eigenvalue weighted by Crippen LogP contribution is -2.32. The molecule has 1 heterocycles. The maximum Gasteiger partial charge on any atom is 0.0453 e. The molecule has 1 N–H and O–H groups in total. The summed E-state index contributed by atoms with van der Waals surface area (Å²) in [6, 6.07) is 1.45. The van der Waals surface area contributed by atoms with Gasteiger partial charge < -0.3 is 5.32 Å². The van der Waals surface area contributed by atoms with Crippen molar-refractivity contribution in [3.05, 3.63) is 0 Å². The summed E-state index contributed by atoms with van der Waals surface area (Å²) in [6.45, 7) is 2.11. The van der Waals surface area contributed by atoms with Crippen molar-refractivity contribution in [3.8, 4) is 0 Å². The van der Waals surface area contributed by atoms with Gasteiger partial charge in [0, 0.05) is 24.8 Å². The quantitative estimate of drug-likeness (QED) is 0.533. The lowest BCUT2D eigenvalue weighted by molar-refractivity contribution is 0.657. The number of hydrogen-bond donors (Lipinski definition) is 1. The summed E-state index contributed by atoms with van der Waals surface area (Å²) in [5, 5.41) is 3.55. The van der Waals surface area contributed by atoms with Crippen molar-refractivity contribution in [3.63, 3.8) is 0 Å². The summed E-state index contributed by atoms with van der Waals surface area (Å²) in [5.41, 5.74) is 1.27. The predicted octanol–water partition coefficient (Wildman–Crippen LogP) is 0.827. The molecule has 2 fully saturated rings. The highest BCUT2D eigenvalue weighted by atomic mass is 15.1. The average Bonchev–Trinajstić information content (AvgIpc) is 2.57.